The van der Waals surface area contributed by atoms with E-state index in [1.807, 2.05) is 0 Å². The Morgan fingerprint density at radius 1 is 0.964 bits per heavy atom. The summed E-state index contributed by atoms with van der Waals surface area (Å²) in [6, 6.07) is 11.5. The first-order valence-electron chi connectivity index (χ1n) is 8.73. The number of hydrogen-bond acceptors (Lipinski definition) is 6. The Balaban J connectivity index is 1.49. The first kappa shape index (κ1) is 17.8. The van der Waals surface area contributed by atoms with E-state index in [0.29, 0.717) is 35.7 Å². The molecule has 2 amide bonds. The molecule has 0 saturated heterocycles. The molecule has 1 aliphatic carbocycles. The molecule has 0 aromatic heterocycles. The van der Waals surface area contributed by atoms with E-state index in [1.54, 1.807) is 42.5 Å². The van der Waals surface area contributed by atoms with Crippen LogP contribution in [0.2, 0.25) is 0 Å². The Morgan fingerprint density at radius 2 is 1.68 bits per heavy atom. The van der Waals surface area contributed by atoms with E-state index in [2.05, 4.69) is 10.6 Å². The highest BCUT2D eigenvalue weighted by Gasteiger charge is 2.56. The summed E-state index contributed by atoms with van der Waals surface area (Å²) >= 11 is 0. The summed E-state index contributed by atoms with van der Waals surface area (Å²) in [7, 11) is 1.27. The van der Waals surface area contributed by atoms with E-state index in [4.69, 9.17) is 14.2 Å². The highest BCUT2D eigenvalue weighted by molar-refractivity contribution is 6.17. The minimum atomic E-state index is -1.17. The van der Waals surface area contributed by atoms with Crippen molar-refractivity contribution in [3.63, 3.8) is 0 Å². The molecule has 28 heavy (non-hydrogen) atoms. The maximum Gasteiger partial charge on any atom is 0.339 e. The number of nitrogens with one attached hydrogen (secondary N) is 2. The number of hydrogen-bond donors (Lipinski definition) is 2. The molecule has 0 spiro atoms. The Morgan fingerprint density at radius 3 is 2.43 bits per heavy atom. The number of carbonyl (C=O) groups is 3. The van der Waals surface area contributed by atoms with Gasteiger partial charge in [0.05, 0.1) is 18.4 Å². The molecular weight excluding hydrogens is 364 g/mol. The molecule has 1 fully saturated rings. The lowest BCUT2D eigenvalue weighted by atomic mass is 10.0. The third-order valence-electron chi connectivity index (χ3n) is 4.83. The number of carbonyl (C=O) groups excluding carboxylic acids is 3. The fraction of sp³-hybridized carbons (Fsp3) is 0.250. The van der Waals surface area contributed by atoms with Gasteiger partial charge in [0.1, 0.15) is 5.41 Å². The lowest BCUT2D eigenvalue weighted by Gasteiger charge is -2.17. The lowest BCUT2D eigenvalue weighted by Crippen LogP contribution is -2.36. The van der Waals surface area contributed by atoms with Crippen molar-refractivity contribution in [1.82, 2.24) is 0 Å². The van der Waals surface area contributed by atoms with Gasteiger partial charge in [0, 0.05) is 11.8 Å². The molecule has 0 atom stereocenters. The monoisotopic (exact) mass is 382 g/mol. The second-order valence-corrected chi connectivity index (χ2v) is 6.60. The second-order valence-electron chi connectivity index (χ2n) is 6.60. The topological polar surface area (TPSA) is 103 Å². The van der Waals surface area contributed by atoms with Crippen LogP contribution in [0.25, 0.3) is 0 Å². The average molecular weight is 382 g/mol. The Bertz CT molecular complexity index is 967. The molecule has 0 radical (unpaired) electrons. The summed E-state index contributed by atoms with van der Waals surface area (Å²) in [4.78, 5) is 37.5. The SMILES string of the molecule is COC(=O)c1ccccc1NC(=O)C1(C(=O)Nc2ccc3c(c2)OCO3)CC1. The van der Waals surface area contributed by atoms with Gasteiger partial charge >= 0.3 is 5.97 Å². The van der Waals surface area contributed by atoms with E-state index in [0.717, 1.165) is 0 Å². The maximum absolute atomic E-state index is 12.8. The molecule has 2 aliphatic rings. The minimum Gasteiger partial charge on any atom is -0.465 e. The highest BCUT2D eigenvalue weighted by atomic mass is 16.7. The fourth-order valence-corrected chi connectivity index (χ4v) is 3.03. The van der Waals surface area contributed by atoms with Gasteiger partial charge in [0.2, 0.25) is 18.6 Å². The number of anilines is 2. The molecule has 8 heteroatoms. The Labute approximate surface area is 160 Å². The van der Waals surface area contributed by atoms with E-state index in [-0.39, 0.29) is 12.4 Å². The molecule has 0 bridgehead atoms. The number of para-hydroxylation sites is 1. The van der Waals surface area contributed by atoms with E-state index >= 15 is 0 Å². The van der Waals surface area contributed by atoms with Gasteiger partial charge < -0.3 is 24.8 Å². The third kappa shape index (κ3) is 3.13. The van der Waals surface area contributed by atoms with Crippen molar-refractivity contribution < 1.29 is 28.6 Å². The van der Waals surface area contributed by atoms with Crippen molar-refractivity contribution >= 4 is 29.2 Å². The molecule has 2 aromatic carbocycles. The molecule has 4 rings (SSSR count). The molecule has 1 aliphatic heterocycles. The van der Waals surface area contributed by atoms with Crippen LogP contribution in [-0.2, 0) is 14.3 Å². The van der Waals surface area contributed by atoms with Gasteiger partial charge in [-0.3, -0.25) is 9.59 Å². The number of amides is 2. The van der Waals surface area contributed by atoms with E-state index in [9.17, 15) is 14.4 Å². The number of ether oxygens (including phenoxy) is 3. The molecule has 1 saturated carbocycles. The molecule has 1 heterocycles. The molecule has 144 valence electrons. The summed E-state index contributed by atoms with van der Waals surface area (Å²) in [5, 5.41) is 5.45. The van der Waals surface area contributed by atoms with Crippen molar-refractivity contribution in [2.24, 2.45) is 5.41 Å². The Kier molecular flexibility index (Phi) is 4.38. The first-order chi connectivity index (χ1) is 13.5. The number of benzene rings is 2. The van der Waals surface area contributed by atoms with Gasteiger partial charge in [-0.1, -0.05) is 12.1 Å². The minimum absolute atomic E-state index is 0.138. The molecule has 2 aromatic rings. The predicted molar refractivity (Wildman–Crippen MR) is 99.3 cm³/mol. The standard InChI is InChI=1S/C20H18N2O6/c1-26-17(23)13-4-2-3-5-14(13)22-19(25)20(8-9-20)18(24)21-12-6-7-15-16(10-12)28-11-27-15/h2-7,10H,8-9,11H2,1H3,(H,21,24)(H,22,25). The Hall–Kier alpha value is -3.55. The van der Waals surface area contributed by atoms with Crippen molar-refractivity contribution in [1.29, 1.82) is 0 Å². The highest BCUT2D eigenvalue weighted by Crippen LogP contribution is 2.48. The average Bonchev–Trinajstić information content (AvgIpc) is 3.40. The van der Waals surface area contributed by atoms with E-state index < -0.39 is 23.2 Å². The van der Waals surface area contributed by atoms with Crippen LogP contribution in [0.1, 0.15) is 23.2 Å². The van der Waals surface area contributed by atoms with Crippen LogP contribution < -0.4 is 20.1 Å². The van der Waals surface area contributed by atoms with Gasteiger partial charge in [0.15, 0.2) is 11.5 Å². The third-order valence-corrected chi connectivity index (χ3v) is 4.83. The van der Waals surface area contributed by atoms with Crippen molar-refractivity contribution in [2.75, 3.05) is 24.5 Å². The number of esters is 1. The van der Waals surface area contributed by atoms with Crippen molar-refractivity contribution in [3.8, 4) is 11.5 Å². The fourth-order valence-electron chi connectivity index (χ4n) is 3.03. The van der Waals surface area contributed by atoms with E-state index in [1.165, 1.54) is 7.11 Å². The van der Waals surface area contributed by atoms with Gasteiger partial charge in [-0.25, -0.2) is 4.79 Å². The summed E-state index contributed by atoms with van der Waals surface area (Å²) < 4.78 is 15.3. The zero-order valence-corrected chi connectivity index (χ0v) is 15.1. The summed E-state index contributed by atoms with van der Waals surface area (Å²) in [6.07, 6.45) is 0.852. The number of methoxy groups -OCH3 is 1. The zero-order chi connectivity index (χ0) is 19.7. The van der Waals surface area contributed by atoms with Crippen LogP contribution in [0.3, 0.4) is 0 Å². The van der Waals surface area contributed by atoms with Gasteiger partial charge in [-0.05, 0) is 37.1 Å². The van der Waals surface area contributed by atoms with Crippen LogP contribution in [0.4, 0.5) is 11.4 Å². The van der Waals surface area contributed by atoms with Crippen LogP contribution in [0, 0.1) is 5.41 Å². The van der Waals surface area contributed by atoms with Crippen LogP contribution in [0.5, 0.6) is 11.5 Å². The van der Waals surface area contributed by atoms with Crippen LogP contribution >= 0.6 is 0 Å². The molecule has 0 unspecified atom stereocenters. The van der Waals surface area contributed by atoms with Gasteiger partial charge in [0.25, 0.3) is 0 Å². The molecular formula is C20H18N2O6. The van der Waals surface area contributed by atoms with Crippen molar-refractivity contribution in [2.45, 2.75) is 12.8 Å². The molecule has 8 nitrogen and oxygen atoms in total. The quantitative estimate of drug-likeness (QED) is 0.609. The second kappa shape index (κ2) is 6.88. The molecule has 2 N–H and O–H groups in total. The zero-order valence-electron chi connectivity index (χ0n) is 15.1. The van der Waals surface area contributed by atoms with Gasteiger partial charge in [-0.15, -0.1) is 0 Å². The lowest BCUT2D eigenvalue weighted by molar-refractivity contribution is -0.131. The van der Waals surface area contributed by atoms with Gasteiger partial charge in [-0.2, -0.15) is 0 Å². The van der Waals surface area contributed by atoms with Crippen LogP contribution in [0.15, 0.2) is 42.5 Å². The summed E-state index contributed by atoms with van der Waals surface area (Å²) in [5.74, 6) is -0.275. The smallest absolute Gasteiger partial charge is 0.339 e. The van der Waals surface area contributed by atoms with Crippen LogP contribution in [-0.4, -0.2) is 31.7 Å². The first-order valence-corrected chi connectivity index (χ1v) is 8.73. The number of rotatable bonds is 5. The predicted octanol–water partition coefficient (Wildman–Crippen LogP) is 2.56. The largest absolute Gasteiger partial charge is 0.465 e. The maximum atomic E-state index is 12.8. The summed E-state index contributed by atoms with van der Waals surface area (Å²) in [6.45, 7) is 0.138. The normalized spacial score (nSPS) is 15.5. The van der Waals surface area contributed by atoms with Crippen molar-refractivity contribution in [3.05, 3.63) is 48.0 Å². The number of fused-ring (bicyclic) bond motifs is 1. The summed E-state index contributed by atoms with van der Waals surface area (Å²) in [5.41, 5.74) is -0.116.